The van der Waals surface area contributed by atoms with Gasteiger partial charge in [0.2, 0.25) is 0 Å². The highest BCUT2D eigenvalue weighted by Gasteiger charge is 2.28. The number of halogens is 2. The third-order valence-electron chi connectivity index (χ3n) is 3.33. The maximum atomic E-state index is 13.9. The van der Waals surface area contributed by atoms with Gasteiger partial charge in [-0.05, 0) is 42.5 Å². The number of carbonyl (C=O) groups is 1. The van der Waals surface area contributed by atoms with Crippen molar-refractivity contribution in [2.75, 3.05) is 25.1 Å². The summed E-state index contributed by atoms with van der Waals surface area (Å²) in [5, 5.41) is 0.398. The van der Waals surface area contributed by atoms with E-state index in [1.807, 2.05) is 0 Å². The van der Waals surface area contributed by atoms with Gasteiger partial charge in [0.15, 0.2) is 11.6 Å². The molecule has 0 aromatic heterocycles. The average Bonchev–Trinajstić information content (AvgIpc) is 2.60. The van der Waals surface area contributed by atoms with Gasteiger partial charge in [0, 0.05) is 5.02 Å². The minimum atomic E-state index is -4.23. The molecule has 9 heteroatoms. The predicted molar refractivity (Wildman–Crippen MR) is 91.0 cm³/mol. The van der Waals surface area contributed by atoms with Crippen molar-refractivity contribution in [1.29, 1.82) is 0 Å². The van der Waals surface area contributed by atoms with Gasteiger partial charge < -0.3 is 9.47 Å². The summed E-state index contributed by atoms with van der Waals surface area (Å²) in [4.78, 5) is 11.3. The lowest BCUT2D eigenvalue weighted by Crippen LogP contribution is -2.36. The minimum absolute atomic E-state index is 0.0926. The van der Waals surface area contributed by atoms with Crippen LogP contribution in [0.3, 0.4) is 0 Å². The smallest absolute Gasteiger partial charge is 0.326 e. The second-order valence-corrected chi connectivity index (χ2v) is 7.16. The molecule has 25 heavy (non-hydrogen) atoms. The molecule has 2 aromatic carbocycles. The molecule has 0 radical (unpaired) electrons. The minimum Gasteiger partial charge on any atom is -0.494 e. The molecule has 0 saturated carbocycles. The Morgan fingerprint density at radius 3 is 2.32 bits per heavy atom. The molecule has 0 unspecified atom stereocenters. The summed E-state index contributed by atoms with van der Waals surface area (Å²) in [6, 6.07) is 9.04. The normalized spacial score (nSPS) is 11.0. The molecule has 2 rings (SSSR count). The number of benzene rings is 2. The number of hydrogen-bond donors (Lipinski definition) is 0. The van der Waals surface area contributed by atoms with E-state index in [4.69, 9.17) is 16.3 Å². The van der Waals surface area contributed by atoms with Crippen molar-refractivity contribution in [3.05, 3.63) is 53.3 Å². The standard InChI is InChI=1S/C16H15ClFNO5S/c1-23-15-8-7-13(9-14(15)18)25(21,22)19(10-16(20)24-2)12-5-3-11(17)4-6-12/h3-9H,10H2,1-2H3. The fourth-order valence-corrected chi connectivity index (χ4v) is 3.59. The third kappa shape index (κ3) is 4.21. The molecule has 0 bridgehead atoms. The Balaban J connectivity index is 2.52. The molecule has 0 atom stereocenters. The van der Waals surface area contributed by atoms with E-state index in [-0.39, 0.29) is 16.3 Å². The first-order valence-electron chi connectivity index (χ1n) is 6.98. The number of sulfonamides is 1. The van der Waals surface area contributed by atoms with Gasteiger partial charge in [0.25, 0.3) is 10.0 Å². The van der Waals surface area contributed by atoms with E-state index in [0.29, 0.717) is 5.02 Å². The molecular weight excluding hydrogens is 373 g/mol. The lowest BCUT2D eigenvalue weighted by molar-refractivity contribution is -0.138. The van der Waals surface area contributed by atoms with Gasteiger partial charge >= 0.3 is 5.97 Å². The predicted octanol–water partition coefficient (Wildman–Crippen LogP) is 2.86. The summed E-state index contributed by atoms with van der Waals surface area (Å²) in [6.07, 6.45) is 0. The highest BCUT2D eigenvalue weighted by Crippen LogP contribution is 2.27. The quantitative estimate of drug-likeness (QED) is 0.712. The Labute approximate surface area is 149 Å². The largest absolute Gasteiger partial charge is 0.494 e. The van der Waals surface area contributed by atoms with E-state index in [2.05, 4.69) is 4.74 Å². The van der Waals surface area contributed by atoms with Crippen molar-refractivity contribution in [2.24, 2.45) is 0 Å². The number of carbonyl (C=O) groups excluding carboxylic acids is 1. The highest BCUT2D eigenvalue weighted by molar-refractivity contribution is 7.92. The van der Waals surface area contributed by atoms with Crippen molar-refractivity contribution in [1.82, 2.24) is 0 Å². The van der Waals surface area contributed by atoms with Crippen LogP contribution < -0.4 is 9.04 Å². The molecule has 0 aliphatic carbocycles. The number of esters is 1. The van der Waals surface area contributed by atoms with Gasteiger partial charge in [-0.25, -0.2) is 12.8 Å². The molecule has 0 N–H and O–H groups in total. The molecule has 0 fully saturated rings. The number of rotatable bonds is 6. The van der Waals surface area contributed by atoms with E-state index in [9.17, 15) is 17.6 Å². The van der Waals surface area contributed by atoms with Gasteiger partial charge in [-0.15, -0.1) is 0 Å². The Morgan fingerprint density at radius 2 is 1.80 bits per heavy atom. The van der Waals surface area contributed by atoms with Crippen LogP contribution >= 0.6 is 11.6 Å². The van der Waals surface area contributed by atoms with Gasteiger partial charge in [-0.2, -0.15) is 0 Å². The number of methoxy groups -OCH3 is 2. The summed E-state index contributed by atoms with van der Waals surface area (Å²) in [5.74, 6) is -1.70. The highest BCUT2D eigenvalue weighted by atomic mass is 35.5. The zero-order valence-corrected chi connectivity index (χ0v) is 15.0. The summed E-state index contributed by atoms with van der Waals surface area (Å²) in [7, 11) is -1.82. The lowest BCUT2D eigenvalue weighted by atomic mass is 10.3. The summed E-state index contributed by atoms with van der Waals surface area (Å²) < 4.78 is 49.9. The van der Waals surface area contributed by atoms with Crippen LogP contribution in [0.25, 0.3) is 0 Å². The van der Waals surface area contributed by atoms with Crippen LogP contribution in [0.15, 0.2) is 47.4 Å². The Kier molecular flexibility index (Phi) is 5.86. The zero-order valence-electron chi connectivity index (χ0n) is 13.4. The molecule has 2 aromatic rings. The summed E-state index contributed by atoms with van der Waals surface area (Å²) in [6.45, 7) is -0.575. The van der Waals surface area contributed by atoms with Crippen molar-refractivity contribution in [2.45, 2.75) is 4.90 Å². The van der Waals surface area contributed by atoms with Crippen LogP contribution in [-0.2, 0) is 19.6 Å². The first-order valence-corrected chi connectivity index (χ1v) is 8.80. The number of ether oxygens (including phenoxy) is 2. The monoisotopic (exact) mass is 387 g/mol. The molecular formula is C16H15ClFNO5S. The van der Waals surface area contributed by atoms with Crippen LogP contribution in [-0.4, -0.2) is 35.2 Å². The maximum Gasteiger partial charge on any atom is 0.326 e. The summed E-state index contributed by atoms with van der Waals surface area (Å²) in [5.41, 5.74) is 0.186. The Morgan fingerprint density at radius 1 is 1.16 bits per heavy atom. The lowest BCUT2D eigenvalue weighted by Gasteiger charge is -2.23. The van der Waals surface area contributed by atoms with E-state index in [1.54, 1.807) is 0 Å². The first-order chi connectivity index (χ1) is 11.8. The zero-order chi connectivity index (χ0) is 18.6. The number of hydrogen-bond acceptors (Lipinski definition) is 5. The molecule has 0 aliphatic heterocycles. The fraction of sp³-hybridized carbons (Fsp3) is 0.188. The molecule has 6 nitrogen and oxygen atoms in total. The van der Waals surface area contributed by atoms with Crippen molar-refractivity contribution in [3.8, 4) is 5.75 Å². The van der Waals surface area contributed by atoms with Gasteiger partial charge in [-0.1, -0.05) is 11.6 Å². The van der Waals surface area contributed by atoms with Crippen molar-refractivity contribution in [3.63, 3.8) is 0 Å². The Hall–Kier alpha value is -2.32. The van der Waals surface area contributed by atoms with E-state index in [1.165, 1.54) is 43.5 Å². The third-order valence-corrected chi connectivity index (χ3v) is 5.35. The van der Waals surface area contributed by atoms with E-state index in [0.717, 1.165) is 17.5 Å². The second kappa shape index (κ2) is 7.71. The Bertz CT molecular complexity index is 871. The number of anilines is 1. The van der Waals surface area contributed by atoms with Crippen LogP contribution in [0.1, 0.15) is 0 Å². The number of nitrogens with zero attached hydrogens (tertiary/aromatic N) is 1. The first kappa shape index (κ1) is 19.0. The van der Waals surface area contributed by atoms with Crippen LogP contribution in [0, 0.1) is 5.82 Å². The van der Waals surface area contributed by atoms with Gasteiger partial charge in [-0.3, -0.25) is 9.10 Å². The molecule has 0 saturated heterocycles. The molecule has 0 amide bonds. The molecule has 0 spiro atoms. The average molecular weight is 388 g/mol. The second-order valence-electron chi connectivity index (χ2n) is 4.86. The van der Waals surface area contributed by atoms with Crippen LogP contribution in [0.5, 0.6) is 5.75 Å². The van der Waals surface area contributed by atoms with E-state index >= 15 is 0 Å². The van der Waals surface area contributed by atoms with Crippen molar-refractivity contribution < 1.29 is 27.1 Å². The molecule has 0 aliphatic rings. The van der Waals surface area contributed by atoms with Crippen LogP contribution in [0.2, 0.25) is 5.02 Å². The van der Waals surface area contributed by atoms with E-state index < -0.39 is 28.4 Å². The van der Waals surface area contributed by atoms with Crippen molar-refractivity contribution >= 4 is 33.3 Å². The molecule has 0 heterocycles. The van der Waals surface area contributed by atoms with Crippen LogP contribution in [0.4, 0.5) is 10.1 Å². The van der Waals surface area contributed by atoms with Gasteiger partial charge in [0.1, 0.15) is 6.54 Å². The summed E-state index contributed by atoms with van der Waals surface area (Å²) >= 11 is 5.81. The fourth-order valence-electron chi connectivity index (χ4n) is 2.04. The molecule has 134 valence electrons. The SMILES string of the molecule is COC(=O)CN(c1ccc(Cl)cc1)S(=O)(=O)c1ccc(OC)c(F)c1. The van der Waals surface area contributed by atoms with Gasteiger partial charge in [0.05, 0.1) is 24.8 Å². The maximum absolute atomic E-state index is 13.9. The topological polar surface area (TPSA) is 72.9 Å².